The summed E-state index contributed by atoms with van der Waals surface area (Å²) in [4.78, 5) is 2.47. The second-order valence-corrected chi connectivity index (χ2v) is 7.42. The summed E-state index contributed by atoms with van der Waals surface area (Å²) in [5.41, 5.74) is 6.28. The van der Waals surface area contributed by atoms with E-state index in [0.29, 0.717) is 11.4 Å². The lowest BCUT2D eigenvalue weighted by Gasteiger charge is -2.36. The van der Waals surface area contributed by atoms with Crippen molar-refractivity contribution >= 4 is 31.5 Å². The van der Waals surface area contributed by atoms with Crippen LogP contribution in [0.1, 0.15) is 12.8 Å². The zero-order chi connectivity index (χ0) is 13.3. The molecule has 4 nitrogen and oxygen atoms in total. The van der Waals surface area contributed by atoms with Gasteiger partial charge < -0.3 is 10.6 Å². The van der Waals surface area contributed by atoms with Crippen LogP contribution in [0.2, 0.25) is 0 Å². The number of nitrogens with zero attached hydrogens (tertiary/aromatic N) is 1. The summed E-state index contributed by atoms with van der Waals surface area (Å²) in [5.74, 6) is 0.174. The molecule has 0 radical (unpaired) electrons. The molecular formula is C12H17BrN2O2S. The van der Waals surface area contributed by atoms with Crippen molar-refractivity contribution in [2.24, 2.45) is 5.73 Å². The average molecular weight is 333 g/mol. The van der Waals surface area contributed by atoms with Gasteiger partial charge in [0.25, 0.3) is 0 Å². The number of benzene rings is 1. The lowest BCUT2D eigenvalue weighted by atomic mass is 10.1. The Kier molecular flexibility index (Phi) is 3.99. The van der Waals surface area contributed by atoms with Crippen molar-refractivity contribution in [2.75, 3.05) is 24.2 Å². The number of rotatable bonds is 3. The van der Waals surface area contributed by atoms with Crippen LogP contribution in [-0.4, -0.2) is 33.8 Å². The normalized spacial score (nSPS) is 21.7. The van der Waals surface area contributed by atoms with Gasteiger partial charge >= 0.3 is 0 Å². The number of nitrogens with two attached hydrogens (primary N) is 1. The Morgan fingerprint density at radius 3 is 2.89 bits per heavy atom. The first kappa shape index (κ1) is 13.8. The molecule has 1 unspecified atom stereocenters. The molecule has 1 aromatic rings. The van der Waals surface area contributed by atoms with Gasteiger partial charge in [0.05, 0.1) is 16.3 Å². The van der Waals surface area contributed by atoms with Crippen LogP contribution >= 0.6 is 15.9 Å². The summed E-state index contributed by atoms with van der Waals surface area (Å²) >= 11 is 3.44. The smallest absolute Gasteiger partial charge is 0.182 e. The summed E-state index contributed by atoms with van der Waals surface area (Å²) in [6.45, 7) is 0.590. The first-order valence-electron chi connectivity index (χ1n) is 5.91. The van der Waals surface area contributed by atoms with Gasteiger partial charge in [-0.1, -0.05) is 6.07 Å². The topological polar surface area (TPSA) is 63.4 Å². The Morgan fingerprint density at radius 2 is 2.22 bits per heavy atom. The van der Waals surface area contributed by atoms with Crippen LogP contribution < -0.4 is 10.6 Å². The van der Waals surface area contributed by atoms with Gasteiger partial charge in [0, 0.05) is 17.6 Å². The molecule has 0 aliphatic carbocycles. The van der Waals surface area contributed by atoms with Crippen molar-refractivity contribution in [1.82, 2.24) is 0 Å². The first-order valence-corrected chi connectivity index (χ1v) is 8.36. The van der Waals surface area contributed by atoms with Crippen LogP contribution in [0.15, 0.2) is 27.6 Å². The second-order valence-electron chi connectivity index (χ2n) is 4.56. The third-order valence-electron chi connectivity index (χ3n) is 3.34. The summed E-state index contributed by atoms with van der Waals surface area (Å²) in [7, 11) is -1.25. The molecule has 2 rings (SSSR count). The van der Waals surface area contributed by atoms with Crippen molar-refractivity contribution in [3.63, 3.8) is 0 Å². The maximum absolute atomic E-state index is 12.3. The predicted octanol–water partition coefficient (Wildman–Crippen LogP) is 1.78. The third kappa shape index (κ3) is 2.41. The minimum absolute atomic E-state index is 0.00440. The molecule has 0 saturated carbocycles. The fourth-order valence-electron chi connectivity index (χ4n) is 2.36. The maximum Gasteiger partial charge on any atom is 0.182 e. The van der Waals surface area contributed by atoms with Gasteiger partial charge in [0.1, 0.15) is 0 Å². The molecule has 0 bridgehead atoms. The highest BCUT2D eigenvalue weighted by atomic mass is 79.9. The van der Waals surface area contributed by atoms with E-state index in [1.54, 1.807) is 12.1 Å². The van der Waals surface area contributed by atoms with Crippen molar-refractivity contribution in [2.45, 2.75) is 23.8 Å². The zero-order valence-corrected chi connectivity index (χ0v) is 12.7. The molecule has 0 aromatic heterocycles. The van der Waals surface area contributed by atoms with Crippen molar-refractivity contribution in [3.05, 3.63) is 22.7 Å². The fraction of sp³-hybridized carbons (Fsp3) is 0.500. The van der Waals surface area contributed by atoms with E-state index in [4.69, 9.17) is 5.73 Å². The lowest BCUT2D eigenvalue weighted by molar-refractivity contribution is 0.549. The van der Waals surface area contributed by atoms with Crippen molar-refractivity contribution < 1.29 is 8.42 Å². The number of hydrogen-bond acceptors (Lipinski definition) is 4. The molecule has 0 saturated heterocycles. The number of anilines is 1. The fourth-order valence-corrected chi connectivity index (χ4v) is 5.04. The highest BCUT2D eigenvalue weighted by Crippen LogP contribution is 2.38. The van der Waals surface area contributed by atoms with Crippen LogP contribution in [0.4, 0.5) is 5.69 Å². The van der Waals surface area contributed by atoms with Crippen molar-refractivity contribution in [3.8, 4) is 0 Å². The molecule has 0 spiro atoms. The maximum atomic E-state index is 12.3. The van der Waals surface area contributed by atoms with E-state index in [9.17, 15) is 8.42 Å². The molecule has 6 heteroatoms. The minimum Gasteiger partial charge on any atom is -0.369 e. The largest absolute Gasteiger partial charge is 0.369 e. The zero-order valence-electron chi connectivity index (χ0n) is 10.3. The third-order valence-corrected chi connectivity index (χ3v) is 5.80. The van der Waals surface area contributed by atoms with E-state index in [-0.39, 0.29) is 11.8 Å². The van der Waals surface area contributed by atoms with Gasteiger partial charge in [0.15, 0.2) is 9.84 Å². The van der Waals surface area contributed by atoms with Gasteiger partial charge in [-0.15, -0.1) is 0 Å². The summed E-state index contributed by atoms with van der Waals surface area (Å²) in [6.07, 6.45) is 1.64. The SMILES string of the molecule is CN1c2c(Br)cccc2S(=O)(=O)CC1CCCN. The van der Waals surface area contributed by atoms with Crippen LogP contribution in [0, 0.1) is 0 Å². The second kappa shape index (κ2) is 5.19. The first-order chi connectivity index (χ1) is 8.47. The molecule has 1 atom stereocenters. The van der Waals surface area contributed by atoms with E-state index in [1.807, 2.05) is 13.1 Å². The van der Waals surface area contributed by atoms with Crippen LogP contribution in [0.3, 0.4) is 0 Å². The van der Waals surface area contributed by atoms with Gasteiger partial charge in [-0.25, -0.2) is 8.42 Å². The number of hydrogen-bond donors (Lipinski definition) is 1. The van der Waals surface area contributed by atoms with Gasteiger partial charge in [0.2, 0.25) is 0 Å². The standard InChI is InChI=1S/C12H17BrN2O2S/c1-15-9(4-3-7-14)8-18(16,17)11-6-2-5-10(13)12(11)15/h2,5-6,9H,3-4,7-8,14H2,1H3. The number of sulfone groups is 1. The van der Waals surface area contributed by atoms with E-state index in [0.717, 1.165) is 23.0 Å². The molecule has 0 fully saturated rings. The number of halogens is 1. The van der Waals surface area contributed by atoms with Gasteiger partial charge in [-0.2, -0.15) is 0 Å². The molecular weight excluding hydrogens is 316 g/mol. The Bertz CT molecular complexity index is 545. The molecule has 1 aromatic carbocycles. The molecule has 1 heterocycles. The summed E-state index contributed by atoms with van der Waals surface area (Å²) in [5, 5.41) is 0. The van der Waals surface area contributed by atoms with Gasteiger partial charge in [-0.05, 0) is 47.4 Å². The quantitative estimate of drug-likeness (QED) is 0.916. The highest BCUT2D eigenvalue weighted by Gasteiger charge is 2.34. The van der Waals surface area contributed by atoms with Crippen LogP contribution in [0.25, 0.3) is 0 Å². The Hall–Kier alpha value is -0.590. The highest BCUT2D eigenvalue weighted by molar-refractivity contribution is 9.10. The van der Waals surface area contributed by atoms with Crippen molar-refractivity contribution in [1.29, 1.82) is 0 Å². The van der Waals surface area contributed by atoms with Crippen LogP contribution in [0.5, 0.6) is 0 Å². The minimum atomic E-state index is -3.19. The van der Waals surface area contributed by atoms with E-state index in [1.165, 1.54) is 0 Å². The monoisotopic (exact) mass is 332 g/mol. The molecule has 2 N–H and O–H groups in total. The Labute approximate surface area is 116 Å². The Balaban J connectivity index is 2.46. The average Bonchev–Trinajstić information content (AvgIpc) is 2.32. The molecule has 1 aliphatic heterocycles. The number of fused-ring (bicyclic) bond motifs is 1. The van der Waals surface area contributed by atoms with Crippen LogP contribution in [-0.2, 0) is 9.84 Å². The predicted molar refractivity (Wildman–Crippen MR) is 76.7 cm³/mol. The summed E-state index contributed by atoms with van der Waals surface area (Å²) in [6, 6.07) is 5.31. The van der Waals surface area contributed by atoms with E-state index in [2.05, 4.69) is 20.8 Å². The molecule has 1 aliphatic rings. The lowest BCUT2D eigenvalue weighted by Crippen LogP contribution is -2.42. The summed E-state index contributed by atoms with van der Waals surface area (Å²) < 4.78 is 25.4. The Morgan fingerprint density at radius 1 is 1.50 bits per heavy atom. The van der Waals surface area contributed by atoms with Gasteiger partial charge in [-0.3, -0.25) is 0 Å². The molecule has 18 heavy (non-hydrogen) atoms. The molecule has 100 valence electrons. The van der Waals surface area contributed by atoms with E-state index < -0.39 is 9.84 Å². The van der Waals surface area contributed by atoms with E-state index >= 15 is 0 Å². The number of para-hydroxylation sites is 1. The molecule has 0 amide bonds.